The second-order valence-electron chi connectivity index (χ2n) is 4.51. The van der Waals surface area contributed by atoms with Crippen LogP contribution in [0.4, 0.5) is 5.69 Å². The Kier molecular flexibility index (Phi) is 6.26. The van der Waals surface area contributed by atoms with E-state index in [1.807, 2.05) is 0 Å². The number of halogens is 2. The van der Waals surface area contributed by atoms with E-state index in [1.165, 1.54) is 23.0 Å². The van der Waals surface area contributed by atoms with Crippen molar-refractivity contribution in [2.24, 2.45) is 0 Å². The summed E-state index contributed by atoms with van der Waals surface area (Å²) in [5.74, 6) is -0.370. The van der Waals surface area contributed by atoms with Crippen LogP contribution in [0, 0.1) is 0 Å². The Morgan fingerprint density at radius 2 is 2.13 bits per heavy atom. The number of carbonyl (C=O) groups is 2. The van der Waals surface area contributed by atoms with Crippen molar-refractivity contribution in [2.75, 3.05) is 24.7 Å². The number of anilines is 1. The minimum absolute atomic E-state index is 0.0734. The lowest BCUT2D eigenvalue weighted by atomic mass is 10.3. The van der Waals surface area contributed by atoms with Gasteiger partial charge in [-0.3, -0.25) is 14.7 Å². The van der Waals surface area contributed by atoms with Gasteiger partial charge in [0.25, 0.3) is 0 Å². The molecule has 0 aliphatic heterocycles. The summed E-state index contributed by atoms with van der Waals surface area (Å²) in [6.07, 6.45) is 1.36. The molecule has 1 aromatic heterocycles. The van der Waals surface area contributed by atoms with E-state index in [0.717, 1.165) is 0 Å². The fourth-order valence-corrected chi connectivity index (χ4v) is 2.60. The van der Waals surface area contributed by atoms with E-state index in [1.54, 1.807) is 25.2 Å². The highest BCUT2D eigenvalue weighted by molar-refractivity contribution is 7.99. The van der Waals surface area contributed by atoms with E-state index < -0.39 is 0 Å². The lowest BCUT2D eigenvalue weighted by molar-refractivity contribution is -0.131. The number of likely N-dealkylation sites (N-methyl/N-ethyl adjacent to an activating group) is 1. The first-order chi connectivity index (χ1) is 11.0. The topological polar surface area (TPSA) is 91.0 Å². The molecule has 1 heterocycles. The molecule has 0 saturated heterocycles. The number of aromatic amines is 1. The number of hydrogen-bond donors (Lipinski definition) is 2. The van der Waals surface area contributed by atoms with Gasteiger partial charge in [-0.1, -0.05) is 35.0 Å². The minimum atomic E-state index is -0.330. The predicted octanol–water partition coefficient (Wildman–Crippen LogP) is 2.30. The van der Waals surface area contributed by atoms with E-state index in [9.17, 15) is 9.59 Å². The van der Waals surface area contributed by atoms with Crippen LogP contribution in [-0.4, -0.2) is 51.2 Å². The molecule has 0 atom stereocenters. The van der Waals surface area contributed by atoms with Crippen LogP contribution in [0.5, 0.6) is 0 Å². The number of aromatic nitrogens is 3. The molecule has 0 aliphatic rings. The summed E-state index contributed by atoms with van der Waals surface area (Å²) < 4.78 is 0. The molecule has 0 saturated carbocycles. The van der Waals surface area contributed by atoms with Crippen molar-refractivity contribution in [1.29, 1.82) is 0 Å². The first-order valence-electron chi connectivity index (χ1n) is 6.42. The highest BCUT2D eigenvalue weighted by atomic mass is 35.5. The smallest absolute Gasteiger partial charge is 0.243 e. The lowest BCUT2D eigenvalue weighted by Crippen LogP contribution is -2.35. The van der Waals surface area contributed by atoms with E-state index in [-0.39, 0.29) is 24.1 Å². The maximum atomic E-state index is 11.9. The molecule has 23 heavy (non-hydrogen) atoms. The van der Waals surface area contributed by atoms with Gasteiger partial charge in [0.1, 0.15) is 6.33 Å². The van der Waals surface area contributed by atoms with Crippen molar-refractivity contribution in [3.8, 4) is 0 Å². The third-order valence-corrected chi connectivity index (χ3v) is 4.34. The summed E-state index contributed by atoms with van der Waals surface area (Å²) in [6.45, 7) is -0.0734. The standard InChI is InChI=1S/C13H13Cl2N5O2S/c1-20(12(22)6-23-13-16-7-17-19-13)5-11(21)18-8-2-3-9(14)10(15)4-8/h2-4,7H,5-6H2,1H3,(H,18,21)(H,16,17,19). The summed E-state index contributed by atoms with van der Waals surface area (Å²) in [7, 11) is 1.55. The number of hydrogen-bond acceptors (Lipinski definition) is 5. The lowest BCUT2D eigenvalue weighted by Gasteiger charge is -2.16. The zero-order valence-electron chi connectivity index (χ0n) is 12.0. The molecular formula is C13H13Cl2N5O2S. The first-order valence-corrected chi connectivity index (χ1v) is 8.17. The molecular weight excluding hydrogens is 361 g/mol. The van der Waals surface area contributed by atoms with E-state index in [0.29, 0.717) is 20.9 Å². The number of H-pyrrole nitrogens is 1. The molecule has 2 amide bonds. The second-order valence-corrected chi connectivity index (χ2v) is 6.28. The van der Waals surface area contributed by atoms with Gasteiger partial charge >= 0.3 is 0 Å². The fraction of sp³-hybridized carbons (Fsp3) is 0.231. The molecule has 2 N–H and O–H groups in total. The Bertz CT molecular complexity index is 696. The maximum Gasteiger partial charge on any atom is 0.243 e. The van der Waals surface area contributed by atoms with Crippen molar-refractivity contribution >= 4 is 52.5 Å². The van der Waals surface area contributed by atoms with Gasteiger partial charge in [0, 0.05) is 12.7 Å². The number of carbonyl (C=O) groups excluding carboxylic acids is 2. The zero-order chi connectivity index (χ0) is 16.8. The Balaban J connectivity index is 1.81. The molecule has 0 aliphatic carbocycles. The SMILES string of the molecule is CN(CC(=O)Nc1ccc(Cl)c(Cl)c1)C(=O)CSc1ncn[nH]1. The summed E-state index contributed by atoms with van der Waals surface area (Å²) >= 11 is 12.9. The van der Waals surface area contributed by atoms with Gasteiger partial charge in [-0.15, -0.1) is 0 Å². The molecule has 0 spiro atoms. The summed E-state index contributed by atoms with van der Waals surface area (Å²) in [4.78, 5) is 29.1. The van der Waals surface area contributed by atoms with Crippen LogP contribution in [0.1, 0.15) is 0 Å². The van der Waals surface area contributed by atoms with Crippen LogP contribution in [0.15, 0.2) is 29.7 Å². The van der Waals surface area contributed by atoms with Gasteiger partial charge in [0.2, 0.25) is 11.8 Å². The Hall–Kier alpha value is -1.77. The van der Waals surface area contributed by atoms with Crippen molar-refractivity contribution in [1.82, 2.24) is 20.1 Å². The highest BCUT2D eigenvalue weighted by Gasteiger charge is 2.14. The van der Waals surface area contributed by atoms with Crippen molar-refractivity contribution in [3.05, 3.63) is 34.6 Å². The van der Waals surface area contributed by atoms with Crippen molar-refractivity contribution in [3.63, 3.8) is 0 Å². The van der Waals surface area contributed by atoms with E-state index in [2.05, 4.69) is 20.5 Å². The Morgan fingerprint density at radius 3 is 2.78 bits per heavy atom. The van der Waals surface area contributed by atoms with Crippen LogP contribution < -0.4 is 5.32 Å². The van der Waals surface area contributed by atoms with Crippen LogP contribution >= 0.6 is 35.0 Å². The minimum Gasteiger partial charge on any atom is -0.336 e. The molecule has 1 aromatic carbocycles. The molecule has 2 rings (SSSR count). The fourth-order valence-electron chi connectivity index (χ4n) is 1.58. The number of thioether (sulfide) groups is 1. The highest BCUT2D eigenvalue weighted by Crippen LogP contribution is 2.24. The molecule has 2 aromatic rings. The molecule has 122 valence electrons. The Labute approximate surface area is 146 Å². The van der Waals surface area contributed by atoms with Crippen LogP contribution in [0.3, 0.4) is 0 Å². The summed E-state index contributed by atoms with van der Waals surface area (Å²) in [5.41, 5.74) is 0.515. The van der Waals surface area contributed by atoms with Gasteiger partial charge in [0.05, 0.1) is 22.3 Å². The summed E-state index contributed by atoms with van der Waals surface area (Å²) in [6, 6.07) is 4.76. The quantitative estimate of drug-likeness (QED) is 0.758. The zero-order valence-corrected chi connectivity index (χ0v) is 14.4. The first kappa shape index (κ1) is 17.6. The summed E-state index contributed by atoms with van der Waals surface area (Å²) in [5, 5.41) is 10.3. The third kappa shape index (κ3) is 5.42. The molecule has 10 heteroatoms. The van der Waals surface area contributed by atoms with Crippen LogP contribution in [0.25, 0.3) is 0 Å². The number of amides is 2. The van der Waals surface area contributed by atoms with Gasteiger partial charge < -0.3 is 10.2 Å². The van der Waals surface area contributed by atoms with Gasteiger partial charge in [-0.2, -0.15) is 5.10 Å². The molecule has 0 fully saturated rings. The van der Waals surface area contributed by atoms with Gasteiger partial charge in [-0.25, -0.2) is 4.98 Å². The molecule has 7 nitrogen and oxygen atoms in total. The van der Waals surface area contributed by atoms with E-state index in [4.69, 9.17) is 23.2 Å². The predicted molar refractivity (Wildman–Crippen MR) is 89.8 cm³/mol. The number of benzene rings is 1. The number of rotatable bonds is 6. The van der Waals surface area contributed by atoms with Crippen molar-refractivity contribution in [2.45, 2.75) is 5.16 Å². The van der Waals surface area contributed by atoms with E-state index >= 15 is 0 Å². The monoisotopic (exact) mass is 373 g/mol. The molecule has 0 unspecified atom stereocenters. The van der Waals surface area contributed by atoms with Crippen LogP contribution in [-0.2, 0) is 9.59 Å². The average Bonchev–Trinajstić information content (AvgIpc) is 3.01. The second kappa shape index (κ2) is 8.19. The van der Waals surface area contributed by atoms with Crippen molar-refractivity contribution < 1.29 is 9.59 Å². The molecule has 0 bridgehead atoms. The average molecular weight is 374 g/mol. The van der Waals surface area contributed by atoms with Gasteiger partial charge in [0.15, 0.2) is 5.16 Å². The largest absolute Gasteiger partial charge is 0.336 e. The maximum absolute atomic E-state index is 11.9. The van der Waals surface area contributed by atoms with Crippen LogP contribution in [0.2, 0.25) is 10.0 Å². The number of nitrogens with zero attached hydrogens (tertiary/aromatic N) is 3. The normalized spacial score (nSPS) is 10.4. The van der Waals surface area contributed by atoms with Gasteiger partial charge in [-0.05, 0) is 18.2 Å². The Morgan fingerprint density at radius 1 is 1.35 bits per heavy atom. The molecule has 0 radical (unpaired) electrons. The third-order valence-electron chi connectivity index (χ3n) is 2.74. The number of nitrogens with one attached hydrogen (secondary N) is 2.